The lowest BCUT2D eigenvalue weighted by Gasteiger charge is -2.30. The maximum Gasteiger partial charge on any atom is 0.241 e. The van der Waals surface area contributed by atoms with E-state index in [4.69, 9.17) is 0 Å². The van der Waals surface area contributed by atoms with Crippen molar-refractivity contribution >= 4 is 15.9 Å². The lowest BCUT2D eigenvalue weighted by molar-refractivity contribution is -0.122. The highest BCUT2D eigenvalue weighted by molar-refractivity contribution is 7.89. The first-order valence-corrected chi connectivity index (χ1v) is 11.8. The molecule has 6 heteroatoms. The smallest absolute Gasteiger partial charge is 0.241 e. The predicted molar refractivity (Wildman–Crippen MR) is 115 cm³/mol. The van der Waals surface area contributed by atoms with Gasteiger partial charge in [0.05, 0.1) is 10.9 Å². The quantitative estimate of drug-likeness (QED) is 0.716. The molecule has 2 aromatic rings. The summed E-state index contributed by atoms with van der Waals surface area (Å²) < 4.78 is 28.6. The van der Waals surface area contributed by atoms with Gasteiger partial charge in [-0.3, -0.25) is 4.79 Å². The number of hydrogen-bond acceptors (Lipinski definition) is 3. The monoisotopic (exact) mass is 414 g/mol. The third-order valence-electron chi connectivity index (χ3n) is 5.68. The van der Waals surface area contributed by atoms with Crippen molar-refractivity contribution in [2.24, 2.45) is 5.92 Å². The topological polar surface area (TPSA) is 75.3 Å². The summed E-state index contributed by atoms with van der Waals surface area (Å²) in [5.74, 6) is 0.330. The number of aryl methyl sites for hydroxylation is 1. The average Bonchev–Trinajstić information content (AvgIpc) is 2.70. The molecule has 1 amide bonds. The van der Waals surface area contributed by atoms with Crippen LogP contribution in [0.2, 0.25) is 0 Å². The fraction of sp³-hybridized carbons (Fsp3) is 0.435. The highest BCUT2D eigenvalue weighted by Gasteiger charge is 2.27. The summed E-state index contributed by atoms with van der Waals surface area (Å²) in [6.07, 6.45) is 4.50. The molecule has 0 saturated heterocycles. The Kier molecular flexibility index (Phi) is 7.09. The number of nitrogens with one attached hydrogen (secondary N) is 2. The van der Waals surface area contributed by atoms with Gasteiger partial charge in [0.25, 0.3) is 0 Å². The van der Waals surface area contributed by atoms with Gasteiger partial charge in [-0.1, -0.05) is 67.8 Å². The molecule has 0 spiro atoms. The maximum absolute atomic E-state index is 12.9. The molecule has 2 N–H and O–H groups in total. The highest BCUT2D eigenvalue weighted by atomic mass is 32.2. The van der Waals surface area contributed by atoms with Crippen molar-refractivity contribution < 1.29 is 13.2 Å². The largest absolute Gasteiger partial charge is 0.353 e. The number of sulfonamides is 1. The normalized spacial score (nSPS) is 20.8. The Labute approximate surface area is 174 Å². The molecule has 1 fully saturated rings. The number of amides is 1. The molecule has 0 aromatic heterocycles. The summed E-state index contributed by atoms with van der Waals surface area (Å²) in [5, 5.41) is 3.13. The molecule has 156 valence electrons. The molecule has 2 aromatic carbocycles. The Hall–Kier alpha value is -2.18. The molecule has 3 atom stereocenters. The van der Waals surface area contributed by atoms with E-state index >= 15 is 0 Å². The van der Waals surface area contributed by atoms with E-state index in [0.29, 0.717) is 5.92 Å². The molecule has 5 nitrogen and oxygen atoms in total. The minimum absolute atomic E-state index is 0.0678. The Balaban J connectivity index is 1.76. The van der Waals surface area contributed by atoms with E-state index in [0.717, 1.165) is 30.4 Å². The Morgan fingerprint density at radius 2 is 1.69 bits per heavy atom. The summed E-state index contributed by atoms with van der Waals surface area (Å²) in [6.45, 7) is 4.08. The molecule has 0 unspecified atom stereocenters. The van der Waals surface area contributed by atoms with E-state index in [1.165, 1.54) is 6.42 Å². The second-order valence-corrected chi connectivity index (χ2v) is 9.75. The minimum Gasteiger partial charge on any atom is -0.353 e. The molecule has 1 aliphatic carbocycles. The van der Waals surface area contributed by atoms with Crippen molar-refractivity contribution in [3.63, 3.8) is 0 Å². The molecule has 29 heavy (non-hydrogen) atoms. The van der Waals surface area contributed by atoms with Gasteiger partial charge in [0.2, 0.25) is 15.9 Å². The predicted octanol–water partition coefficient (Wildman–Crippen LogP) is 4.10. The van der Waals surface area contributed by atoms with Crippen LogP contribution in [0.5, 0.6) is 0 Å². The molecule has 1 saturated carbocycles. The van der Waals surface area contributed by atoms with Gasteiger partial charge < -0.3 is 5.32 Å². The standard InChI is InChI=1S/C23H30N2O3S/c1-17-12-14-20(15-13-17)29(27,28)25-22(19-9-4-3-5-10-19)16-23(26)24-21-11-7-6-8-18(21)2/h3-5,9-10,12-15,18,21-22,25H,6-8,11,16H2,1-2H3,(H,24,26)/t18-,21+,22-/m1/s1. The van der Waals surface area contributed by atoms with Crippen LogP contribution in [0.15, 0.2) is 59.5 Å². The molecule has 0 bridgehead atoms. The van der Waals surface area contributed by atoms with Crippen molar-refractivity contribution in [1.29, 1.82) is 0 Å². The van der Waals surface area contributed by atoms with E-state index in [1.807, 2.05) is 37.3 Å². The van der Waals surface area contributed by atoms with Crippen LogP contribution in [0, 0.1) is 12.8 Å². The lowest BCUT2D eigenvalue weighted by Crippen LogP contribution is -2.42. The first-order valence-electron chi connectivity index (χ1n) is 10.3. The summed E-state index contributed by atoms with van der Waals surface area (Å²) >= 11 is 0. The fourth-order valence-electron chi connectivity index (χ4n) is 3.87. The highest BCUT2D eigenvalue weighted by Crippen LogP contribution is 2.25. The van der Waals surface area contributed by atoms with E-state index in [-0.39, 0.29) is 23.3 Å². The van der Waals surface area contributed by atoms with Crippen molar-refractivity contribution in [2.45, 2.75) is 62.9 Å². The minimum atomic E-state index is -3.74. The van der Waals surface area contributed by atoms with Gasteiger partial charge in [0, 0.05) is 12.5 Å². The van der Waals surface area contributed by atoms with Gasteiger partial charge in [-0.2, -0.15) is 0 Å². The zero-order valence-corrected chi connectivity index (χ0v) is 17.9. The zero-order valence-electron chi connectivity index (χ0n) is 17.1. The number of rotatable bonds is 7. The first-order chi connectivity index (χ1) is 13.8. The van der Waals surface area contributed by atoms with Crippen molar-refractivity contribution in [3.05, 3.63) is 65.7 Å². The first kappa shape index (κ1) is 21.5. The number of carbonyl (C=O) groups excluding carboxylic acids is 1. The molecule has 1 aliphatic rings. The zero-order chi connectivity index (χ0) is 20.9. The molecule has 0 radical (unpaired) electrons. The lowest BCUT2D eigenvalue weighted by atomic mass is 9.86. The molecule has 3 rings (SSSR count). The van der Waals surface area contributed by atoms with Gasteiger partial charge in [-0.25, -0.2) is 13.1 Å². The van der Waals surface area contributed by atoms with E-state index in [1.54, 1.807) is 24.3 Å². The maximum atomic E-state index is 12.9. The van der Waals surface area contributed by atoms with Gasteiger partial charge in [0.1, 0.15) is 0 Å². The molecular weight excluding hydrogens is 384 g/mol. The fourth-order valence-corrected chi connectivity index (χ4v) is 5.09. The van der Waals surface area contributed by atoms with Crippen molar-refractivity contribution in [2.75, 3.05) is 0 Å². The SMILES string of the molecule is Cc1ccc(S(=O)(=O)N[C@H](CC(=O)N[C@H]2CCCC[C@H]2C)c2ccccc2)cc1. The number of benzene rings is 2. The Morgan fingerprint density at radius 3 is 2.34 bits per heavy atom. The summed E-state index contributed by atoms with van der Waals surface area (Å²) in [5.41, 5.74) is 1.76. The van der Waals surface area contributed by atoms with E-state index in [2.05, 4.69) is 17.0 Å². The third-order valence-corrected chi connectivity index (χ3v) is 7.17. The van der Waals surface area contributed by atoms with Crippen molar-refractivity contribution in [3.8, 4) is 0 Å². The van der Waals surface area contributed by atoms with Crippen LogP contribution in [0.3, 0.4) is 0 Å². The van der Waals surface area contributed by atoms with Gasteiger partial charge >= 0.3 is 0 Å². The Bertz CT molecular complexity index is 911. The Morgan fingerprint density at radius 1 is 1.03 bits per heavy atom. The molecule has 0 heterocycles. The second-order valence-electron chi connectivity index (χ2n) is 8.04. The number of carbonyl (C=O) groups is 1. The summed E-state index contributed by atoms with van der Waals surface area (Å²) in [7, 11) is -3.74. The van der Waals surface area contributed by atoms with Crippen LogP contribution >= 0.6 is 0 Å². The van der Waals surface area contributed by atoms with Crippen LogP contribution in [0.1, 0.15) is 56.2 Å². The van der Waals surface area contributed by atoms with Crippen LogP contribution < -0.4 is 10.0 Å². The van der Waals surface area contributed by atoms with Crippen LogP contribution in [0.4, 0.5) is 0 Å². The average molecular weight is 415 g/mol. The van der Waals surface area contributed by atoms with Crippen LogP contribution in [-0.2, 0) is 14.8 Å². The molecule has 0 aliphatic heterocycles. The molecular formula is C23H30N2O3S. The third kappa shape index (κ3) is 5.90. The van der Waals surface area contributed by atoms with Crippen LogP contribution in [-0.4, -0.2) is 20.4 Å². The van der Waals surface area contributed by atoms with Gasteiger partial charge in [0.15, 0.2) is 0 Å². The second kappa shape index (κ2) is 9.55. The van der Waals surface area contributed by atoms with Crippen molar-refractivity contribution in [1.82, 2.24) is 10.0 Å². The van der Waals surface area contributed by atoms with Gasteiger partial charge in [-0.15, -0.1) is 0 Å². The van der Waals surface area contributed by atoms with E-state index in [9.17, 15) is 13.2 Å². The van der Waals surface area contributed by atoms with E-state index < -0.39 is 16.1 Å². The van der Waals surface area contributed by atoms with Crippen LogP contribution in [0.25, 0.3) is 0 Å². The summed E-state index contributed by atoms with van der Waals surface area (Å²) in [6, 6.07) is 15.5. The van der Waals surface area contributed by atoms with Gasteiger partial charge in [-0.05, 0) is 43.4 Å². The number of hydrogen-bond donors (Lipinski definition) is 2. The summed E-state index contributed by atoms with van der Waals surface area (Å²) in [4.78, 5) is 13.0.